The second-order valence-electron chi connectivity index (χ2n) is 9.70. The number of benzene rings is 1. The lowest BCUT2D eigenvalue weighted by Gasteiger charge is -2.28. The Morgan fingerprint density at radius 1 is 0.667 bits per heavy atom. The Balaban J connectivity index is 0. The van der Waals surface area contributed by atoms with Crippen molar-refractivity contribution >= 4 is 27.5 Å². The summed E-state index contributed by atoms with van der Waals surface area (Å²) in [6, 6.07) is 11.6. The van der Waals surface area contributed by atoms with E-state index in [1.54, 1.807) is 36.8 Å². The molecule has 226 valence electrons. The van der Waals surface area contributed by atoms with Crippen molar-refractivity contribution < 1.29 is 30.9 Å². The number of H-pyrrole nitrogens is 1. The van der Waals surface area contributed by atoms with Crippen molar-refractivity contribution in [1.82, 2.24) is 0 Å². The minimum Gasteiger partial charge on any atom is -0.748 e. The summed E-state index contributed by atoms with van der Waals surface area (Å²) >= 11 is 0. The Hall–Kier alpha value is -1.38. The molecule has 2 aromatic rings. The lowest BCUT2D eigenvalue weighted by atomic mass is 10.2. The molecule has 39 heavy (non-hydrogen) atoms. The van der Waals surface area contributed by atoms with E-state index in [9.17, 15) is 13.0 Å². The van der Waals surface area contributed by atoms with E-state index >= 15 is 0 Å². The van der Waals surface area contributed by atoms with E-state index in [1.807, 2.05) is 37.5 Å². The molecule has 0 atom stereocenters. The molecule has 0 aliphatic rings. The van der Waals surface area contributed by atoms with Crippen molar-refractivity contribution in [2.45, 2.75) is 90.9 Å². The molecule has 0 aliphatic carbocycles. The molecule has 1 aromatic carbocycles. The highest BCUT2D eigenvalue weighted by Crippen LogP contribution is 2.61. The molecule has 2 rings (SSSR count). The van der Waals surface area contributed by atoms with Crippen LogP contribution in [0.25, 0.3) is 0 Å². The monoisotopic (exact) mass is 605 g/mol. The van der Waals surface area contributed by atoms with Crippen molar-refractivity contribution in [2.75, 3.05) is 30.9 Å². The normalized spacial score (nSPS) is 11.2. The van der Waals surface area contributed by atoms with E-state index in [0.29, 0.717) is 6.26 Å². The Morgan fingerprint density at radius 3 is 1.21 bits per heavy atom. The van der Waals surface area contributed by atoms with Crippen LogP contribution in [0.5, 0.6) is 0 Å². The highest BCUT2D eigenvalue weighted by atomic mass is 32.2. The highest BCUT2D eigenvalue weighted by Gasteiger charge is 2.34. The molecule has 1 aromatic heterocycles. The number of aromatic nitrogens is 1. The van der Waals surface area contributed by atoms with Gasteiger partial charge in [0.25, 0.3) is 0 Å². The van der Waals surface area contributed by atoms with Gasteiger partial charge >= 0.3 is 0 Å². The number of aryl methyl sites for hydroxylation is 1. The first-order chi connectivity index (χ1) is 18.2. The molecule has 0 spiro atoms. The number of nitrogens with one attached hydrogen (secondary N) is 1. The average molecular weight is 606 g/mol. The lowest BCUT2D eigenvalue weighted by molar-refractivity contribution is -0.377. The minimum atomic E-state index is -4.27. The summed E-state index contributed by atoms with van der Waals surface area (Å²) < 4.78 is 58.4. The van der Waals surface area contributed by atoms with Crippen LogP contribution >= 0.6 is 7.26 Å². The highest BCUT2D eigenvalue weighted by molar-refractivity contribution is 7.85. The largest absolute Gasteiger partial charge is 0.748 e. The van der Waals surface area contributed by atoms with Crippen LogP contribution < -0.4 is 4.98 Å². The predicted octanol–water partition coefficient (Wildman–Crippen LogP) is 6.77. The van der Waals surface area contributed by atoms with Crippen molar-refractivity contribution in [3.8, 4) is 0 Å². The SMILES string of the molecule is CCCC[P+](CCCC)(CCCC)CCCC.CS(=O)(=O)[O-].Cc1ccc(S(=O)(=O)[O-])cc1.c1cc[nH+]cc1. The molecule has 10 heteroatoms. The molecule has 0 saturated heterocycles. The predicted molar refractivity (Wildman–Crippen MR) is 164 cm³/mol. The van der Waals surface area contributed by atoms with Crippen molar-refractivity contribution in [3.05, 3.63) is 60.4 Å². The Kier molecular flexibility index (Phi) is 23.8. The van der Waals surface area contributed by atoms with Crippen molar-refractivity contribution in [1.29, 1.82) is 0 Å². The maximum absolute atomic E-state index is 10.4. The van der Waals surface area contributed by atoms with E-state index in [4.69, 9.17) is 13.0 Å². The fraction of sp³-hybridized carbons (Fsp3) is 0.621. The summed E-state index contributed by atoms with van der Waals surface area (Å²) in [4.78, 5) is 2.71. The summed E-state index contributed by atoms with van der Waals surface area (Å²) in [5, 5.41) is 0. The van der Waals surface area contributed by atoms with Gasteiger partial charge < -0.3 is 9.11 Å². The molecule has 0 bridgehead atoms. The van der Waals surface area contributed by atoms with Crippen molar-refractivity contribution in [3.63, 3.8) is 0 Å². The zero-order valence-corrected chi connectivity index (χ0v) is 27.4. The number of aromatic amines is 1. The zero-order chi connectivity index (χ0) is 30.2. The maximum atomic E-state index is 10.4. The van der Waals surface area contributed by atoms with E-state index < -0.39 is 27.5 Å². The molecule has 0 unspecified atom stereocenters. The Morgan fingerprint density at radius 2 is 1.00 bits per heavy atom. The van der Waals surface area contributed by atoms with Gasteiger partial charge in [0.15, 0.2) is 12.4 Å². The van der Waals surface area contributed by atoms with Gasteiger partial charge in [-0.3, -0.25) is 0 Å². The standard InChI is InChI=1S/C16H36P.C7H8O3S.C5H5N.CH4O3S/c1-5-9-13-17(14-10-6-2,15-11-7-3)16-12-8-4;1-6-2-4-7(5-3-6)11(8,9)10;1-2-4-6-5-3-1;1-5(2,3)4/h5-16H2,1-4H3;2-5H,1H3,(H,8,9,10);1-5H;1H3,(H,2,3,4)/q+1;;;/p-1. The van der Waals surface area contributed by atoms with E-state index in [-0.39, 0.29) is 4.90 Å². The van der Waals surface area contributed by atoms with Gasteiger partial charge in [-0.25, -0.2) is 21.8 Å². The molecule has 0 fully saturated rings. The quantitative estimate of drug-likeness (QED) is 0.183. The first-order valence-electron chi connectivity index (χ1n) is 13.9. The van der Waals surface area contributed by atoms with Crippen LogP contribution in [-0.4, -0.2) is 56.8 Å². The third-order valence-corrected chi connectivity index (χ3v) is 11.8. The van der Waals surface area contributed by atoms with E-state index in [1.165, 1.54) is 63.5 Å². The van der Waals surface area contributed by atoms with Crippen LogP contribution in [0.3, 0.4) is 0 Å². The summed E-state index contributed by atoms with van der Waals surface area (Å²) in [5.74, 6) is 0. The molecule has 1 N–H and O–H groups in total. The van der Waals surface area contributed by atoms with Gasteiger partial charge in [-0.1, -0.05) is 77.1 Å². The molecule has 0 amide bonds. The second kappa shape index (κ2) is 23.3. The first-order valence-corrected chi connectivity index (χ1v) is 19.7. The van der Waals surface area contributed by atoms with E-state index in [0.717, 1.165) is 5.56 Å². The number of unbranched alkanes of at least 4 members (excludes halogenated alkanes) is 4. The number of pyridine rings is 1. The minimum absolute atomic E-state index is 0.178. The second-order valence-corrected chi connectivity index (χ2v) is 17.0. The smallest absolute Gasteiger partial charge is 0.166 e. The topological polar surface area (TPSA) is 129 Å². The third-order valence-electron chi connectivity index (χ3n) is 5.86. The molecule has 0 aliphatic heterocycles. The van der Waals surface area contributed by atoms with Gasteiger partial charge in [-0.05, 0) is 44.7 Å². The van der Waals surface area contributed by atoms with Crippen molar-refractivity contribution in [2.24, 2.45) is 0 Å². The number of hydrogen-bond acceptors (Lipinski definition) is 6. The fourth-order valence-corrected chi connectivity index (χ4v) is 9.45. The van der Waals surface area contributed by atoms with Crippen LogP contribution in [0.4, 0.5) is 0 Å². The molecular weight excluding hydrogens is 553 g/mol. The van der Waals surface area contributed by atoms with Crippen LogP contribution in [0.1, 0.15) is 84.6 Å². The summed E-state index contributed by atoms with van der Waals surface area (Å²) in [7, 11) is -8.75. The van der Waals surface area contributed by atoms with Crippen LogP contribution in [-0.2, 0) is 20.2 Å². The van der Waals surface area contributed by atoms with Gasteiger partial charge in [0.1, 0.15) is 10.1 Å². The summed E-state index contributed by atoms with van der Waals surface area (Å²) in [5.41, 5.74) is 0.928. The maximum Gasteiger partial charge on any atom is 0.166 e. The van der Waals surface area contributed by atoms with Gasteiger partial charge in [0.2, 0.25) is 0 Å². The Labute approximate surface area is 240 Å². The third kappa shape index (κ3) is 26.6. The molecular formula is C29H52NO6PS2. The fourth-order valence-electron chi connectivity index (χ4n) is 3.69. The summed E-state index contributed by atoms with van der Waals surface area (Å²) in [6.07, 6.45) is 22.3. The van der Waals surface area contributed by atoms with Gasteiger partial charge in [0, 0.05) is 25.7 Å². The average Bonchev–Trinajstić information content (AvgIpc) is 2.88. The number of hydrogen-bond donors (Lipinski definition) is 0. The van der Waals surface area contributed by atoms with Gasteiger partial charge in [-0.15, -0.1) is 0 Å². The van der Waals surface area contributed by atoms with E-state index in [2.05, 4.69) is 32.7 Å². The van der Waals surface area contributed by atoms with Crippen LogP contribution in [0, 0.1) is 6.92 Å². The Bertz CT molecular complexity index is 959. The van der Waals surface area contributed by atoms with Crippen LogP contribution in [0.15, 0.2) is 59.8 Å². The van der Waals surface area contributed by atoms with Gasteiger partial charge in [-0.2, -0.15) is 0 Å². The molecule has 7 nitrogen and oxygen atoms in total. The summed E-state index contributed by atoms with van der Waals surface area (Å²) in [6.45, 7) is 11.2. The number of rotatable bonds is 13. The van der Waals surface area contributed by atoms with Gasteiger partial charge in [0.05, 0.1) is 39.7 Å². The molecule has 0 saturated carbocycles. The van der Waals surface area contributed by atoms with Crippen LogP contribution in [0.2, 0.25) is 0 Å². The first kappa shape index (κ1) is 39.8. The molecule has 1 heterocycles. The molecule has 0 radical (unpaired) electrons. The lowest BCUT2D eigenvalue weighted by Crippen LogP contribution is -2.12. The zero-order valence-electron chi connectivity index (χ0n) is 24.9.